The van der Waals surface area contributed by atoms with Gasteiger partial charge in [0, 0.05) is 12.2 Å². The van der Waals surface area contributed by atoms with Crippen LogP contribution in [-0.4, -0.2) is 43.8 Å². The van der Waals surface area contributed by atoms with Crippen LogP contribution in [-0.2, 0) is 20.9 Å². The molecule has 204 valence electrons. The van der Waals surface area contributed by atoms with E-state index in [1.807, 2.05) is 45.0 Å². The molecule has 0 unspecified atom stereocenters. The van der Waals surface area contributed by atoms with Gasteiger partial charge in [0.15, 0.2) is 18.1 Å². The van der Waals surface area contributed by atoms with Gasteiger partial charge in [-0.1, -0.05) is 29.8 Å². The van der Waals surface area contributed by atoms with Crippen molar-refractivity contribution in [1.82, 2.24) is 10.7 Å². The van der Waals surface area contributed by atoms with E-state index >= 15 is 0 Å². The average molecular weight is 533 g/mol. The van der Waals surface area contributed by atoms with Crippen LogP contribution in [0.4, 0.5) is 5.69 Å². The van der Waals surface area contributed by atoms with Crippen molar-refractivity contribution in [2.75, 3.05) is 25.1 Å². The van der Waals surface area contributed by atoms with Gasteiger partial charge in [-0.2, -0.15) is 5.10 Å². The maximum atomic E-state index is 12.3. The lowest BCUT2D eigenvalue weighted by Crippen LogP contribution is -2.37. The number of hydrogen-bond donors (Lipinski definition) is 3. The summed E-state index contributed by atoms with van der Waals surface area (Å²) in [5.41, 5.74) is 5.40. The standard InChI is InChI=1S/C29H32N4O6/c1-4-37-24-13-11-23(12-14-24)32-27(34)19-39-25-15-10-22(16-26(25)38-5-2)18-31-33-29(36)28(35)30-17-21-8-6-20(3)7-9-21/h6-16,18H,4-5,17,19H2,1-3H3,(H,30,35)(H,32,34)(H,33,36)/b31-18-. The Morgan fingerprint density at radius 1 is 0.821 bits per heavy atom. The maximum Gasteiger partial charge on any atom is 0.329 e. The van der Waals surface area contributed by atoms with Gasteiger partial charge in [-0.25, -0.2) is 5.43 Å². The van der Waals surface area contributed by atoms with E-state index in [-0.39, 0.29) is 19.1 Å². The third-order valence-corrected chi connectivity index (χ3v) is 5.24. The van der Waals surface area contributed by atoms with Gasteiger partial charge in [-0.15, -0.1) is 0 Å². The van der Waals surface area contributed by atoms with Gasteiger partial charge in [0.1, 0.15) is 5.75 Å². The number of anilines is 1. The zero-order valence-corrected chi connectivity index (χ0v) is 22.2. The monoisotopic (exact) mass is 532 g/mol. The van der Waals surface area contributed by atoms with Crippen molar-refractivity contribution in [3.63, 3.8) is 0 Å². The highest BCUT2D eigenvalue weighted by molar-refractivity contribution is 6.35. The number of nitrogens with zero attached hydrogens (tertiary/aromatic N) is 1. The predicted molar refractivity (Wildman–Crippen MR) is 148 cm³/mol. The van der Waals surface area contributed by atoms with E-state index < -0.39 is 11.8 Å². The van der Waals surface area contributed by atoms with Gasteiger partial charge in [-0.3, -0.25) is 14.4 Å². The van der Waals surface area contributed by atoms with Crippen molar-refractivity contribution in [1.29, 1.82) is 0 Å². The van der Waals surface area contributed by atoms with E-state index in [1.54, 1.807) is 42.5 Å². The van der Waals surface area contributed by atoms with Crippen LogP contribution in [0, 0.1) is 6.92 Å². The Morgan fingerprint density at radius 3 is 2.23 bits per heavy atom. The number of ether oxygens (including phenoxy) is 3. The van der Waals surface area contributed by atoms with Crippen LogP contribution in [0.15, 0.2) is 71.8 Å². The molecule has 10 heteroatoms. The summed E-state index contributed by atoms with van der Waals surface area (Å²) in [7, 11) is 0. The van der Waals surface area contributed by atoms with E-state index in [0.29, 0.717) is 36.0 Å². The molecular formula is C29H32N4O6. The van der Waals surface area contributed by atoms with Crippen LogP contribution in [0.3, 0.4) is 0 Å². The number of carbonyl (C=O) groups is 3. The minimum atomic E-state index is -0.887. The SMILES string of the molecule is CCOc1ccc(NC(=O)COc2ccc(/C=N\NC(=O)C(=O)NCc3ccc(C)cc3)cc2OCC)cc1. The first-order valence-corrected chi connectivity index (χ1v) is 12.5. The number of benzene rings is 3. The zero-order chi connectivity index (χ0) is 28.0. The summed E-state index contributed by atoms with van der Waals surface area (Å²) in [5.74, 6) is -0.530. The fourth-order valence-electron chi connectivity index (χ4n) is 3.32. The van der Waals surface area contributed by atoms with Crippen LogP contribution in [0.5, 0.6) is 17.2 Å². The Balaban J connectivity index is 1.50. The second-order valence-electron chi connectivity index (χ2n) is 8.30. The maximum absolute atomic E-state index is 12.3. The van der Waals surface area contributed by atoms with E-state index in [4.69, 9.17) is 14.2 Å². The van der Waals surface area contributed by atoms with Gasteiger partial charge in [0.05, 0.1) is 19.4 Å². The predicted octanol–water partition coefficient (Wildman–Crippen LogP) is 3.58. The summed E-state index contributed by atoms with van der Waals surface area (Å²) in [6, 6.07) is 19.6. The van der Waals surface area contributed by atoms with Gasteiger partial charge in [0.2, 0.25) is 0 Å². The lowest BCUT2D eigenvalue weighted by Gasteiger charge is -2.13. The number of hydrogen-bond acceptors (Lipinski definition) is 7. The molecule has 0 atom stereocenters. The van der Waals surface area contributed by atoms with Crippen LogP contribution >= 0.6 is 0 Å². The first-order valence-electron chi connectivity index (χ1n) is 12.5. The molecule has 0 radical (unpaired) electrons. The molecule has 3 rings (SSSR count). The van der Waals surface area contributed by atoms with Gasteiger partial charge in [-0.05, 0) is 74.4 Å². The number of rotatable bonds is 12. The quantitative estimate of drug-likeness (QED) is 0.186. The Morgan fingerprint density at radius 2 is 1.54 bits per heavy atom. The van der Waals surface area contributed by atoms with Gasteiger partial charge >= 0.3 is 11.8 Å². The molecule has 0 fully saturated rings. The molecule has 0 aliphatic carbocycles. The average Bonchev–Trinajstić information content (AvgIpc) is 2.93. The molecule has 39 heavy (non-hydrogen) atoms. The largest absolute Gasteiger partial charge is 0.494 e. The molecule has 3 amide bonds. The van der Waals surface area contributed by atoms with E-state index in [1.165, 1.54) is 6.21 Å². The number of carbonyl (C=O) groups excluding carboxylic acids is 3. The highest BCUT2D eigenvalue weighted by Crippen LogP contribution is 2.28. The molecule has 0 spiro atoms. The fraction of sp³-hybridized carbons (Fsp3) is 0.241. The van der Waals surface area contributed by atoms with Crippen molar-refractivity contribution in [2.24, 2.45) is 5.10 Å². The topological polar surface area (TPSA) is 127 Å². The number of aryl methyl sites for hydroxylation is 1. The summed E-state index contributed by atoms with van der Waals surface area (Å²) in [5, 5.41) is 9.15. The third-order valence-electron chi connectivity index (χ3n) is 5.24. The molecule has 0 bridgehead atoms. The minimum absolute atomic E-state index is 0.228. The third kappa shape index (κ3) is 9.51. The van der Waals surface area contributed by atoms with Crippen molar-refractivity contribution in [2.45, 2.75) is 27.3 Å². The van der Waals surface area contributed by atoms with Crippen molar-refractivity contribution in [3.8, 4) is 17.2 Å². The molecule has 0 saturated heterocycles. The first-order chi connectivity index (χ1) is 18.9. The summed E-state index contributed by atoms with van der Waals surface area (Å²) in [6.07, 6.45) is 1.37. The van der Waals surface area contributed by atoms with Crippen LogP contribution in [0.2, 0.25) is 0 Å². The molecule has 3 N–H and O–H groups in total. The molecular weight excluding hydrogens is 500 g/mol. The molecule has 0 aromatic heterocycles. The van der Waals surface area contributed by atoms with Crippen molar-refractivity contribution in [3.05, 3.63) is 83.4 Å². The highest BCUT2D eigenvalue weighted by atomic mass is 16.5. The summed E-state index contributed by atoms with van der Waals surface area (Å²) in [6.45, 7) is 6.62. The zero-order valence-electron chi connectivity index (χ0n) is 22.2. The Bertz CT molecular complexity index is 1290. The number of nitrogens with one attached hydrogen (secondary N) is 3. The Hall–Kier alpha value is -4.86. The Kier molecular flexibility index (Phi) is 10.9. The van der Waals surface area contributed by atoms with Crippen LogP contribution in [0.25, 0.3) is 0 Å². The molecule has 3 aromatic carbocycles. The summed E-state index contributed by atoms with van der Waals surface area (Å²) >= 11 is 0. The smallest absolute Gasteiger partial charge is 0.329 e. The highest BCUT2D eigenvalue weighted by Gasteiger charge is 2.13. The molecule has 0 aliphatic rings. The van der Waals surface area contributed by atoms with E-state index in [2.05, 4.69) is 21.2 Å². The van der Waals surface area contributed by atoms with Gasteiger partial charge < -0.3 is 24.8 Å². The molecule has 10 nitrogen and oxygen atoms in total. The summed E-state index contributed by atoms with van der Waals surface area (Å²) in [4.78, 5) is 36.4. The fourth-order valence-corrected chi connectivity index (χ4v) is 3.32. The summed E-state index contributed by atoms with van der Waals surface area (Å²) < 4.78 is 16.7. The van der Waals surface area contributed by atoms with Crippen LogP contribution in [0.1, 0.15) is 30.5 Å². The first kappa shape index (κ1) is 28.7. The second kappa shape index (κ2) is 14.8. The van der Waals surface area contributed by atoms with Crippen LogP contribution < -0.4 is 30.3 Å². The molecule has 0 heterocycles. The lowest BCUT2D eigenvalue weighted by atomic mass is 10.1. The Labute approximate surface area is 227 Å². The van der Waals surface area contributed by atoms with E-state index in [0.717, 1.165) is 16.9 Å². The van der Waals surface area contributed by atoms with E-state index in [9.17, 15) is 14.4 Å². The second-order valence-corrected chi connectivity index (χ2v) is 8.30. The van der Waals surface area contributed by atoms with Gasteiger partial charge in [0.25, 0.3) is 5.91 Å². The lowest BCUT2D eigenvalue weighted by molar-refractivity contribution is -0.139. The minimum Gasteiger partial charge on any atom is -0.494 e. The molecule has 0 aliphatic heterocycles. The number of hydrazone groups is 1. The molecule has 0 saturated carbocycles. The van der Waals surface area contributed by atoms with Crippen molar-refractivity contribution < 1.29 is 28.6 Å². The molecule has 3 aromatic rings. The normalized spacial score (nSPS) is 10.5. The van der Waals surface area contributed by atoms with Crippen molar-refractivity contribution >= 4 is 29.6 Å². The number of amides is 3.